The Morgan fingerprint density at radius 2 is 1.81 bits per heavy atom. The number of hydrogen-bond donors (Lipinski definition) is 3. The van der Waals surface area contributed by atoms with Crippen molar-refractivity contribution in [3.63, 3.8) is 0 Å². The lowest BCUT2D eigenvalue weighted by molar-refractivity contribution is 0.0920. The van der Waals surface area contributed by atoms with Crippen LogP contribution < -0.4 is 15.4 Å². The molecule has 1 aliphatic rings. The third-order valence-electron chi connectivity index (χ3n) is 5.68. The normalized spacial score (nSPS) is 21.3. The van der Waals surface area contributed by atoms with E-state index in [1.54, 1.807) is 0 Å². The molecule has 3 aromatic rings. The molecule has 1 unspecified atom stereocenters. The van der Waals surface area contributed by atoms with Gasteiger partial charge in [0.1, 0.15) is 5.75 Å². The van der Waals surface area contributed by atoms with Crippen LogP contribution in [0.1, 0.15) is 44.0 Å². The molecule has 3 N–H and O–H groups in total. The van der Waals surface area contributed by atoms with Crippen molar-refractivity contribution in [3.8, 4) is 17.0 Å². The molecule has 3 atom stereocenters. The van der Waals surface area contributed by atoms with Crippen molar-refractivity contribution in [2.24, 2.45) is 0 Å². The topological polar surface area (TPSA) is 66.2 Å². The monoisotopic (exact) mass is 459 g/mol. The highest BCUT2D eigenvalue weighted by Gasteiger charge is 2.25. The average molecular weight is 460 g/mol. The molecule has 1 aliphatic heterocycles. The SMILES string of the molecule is CCOc1cc(C(=O)NC2C[C@@H](C)N[C@@H](C)C2)ccc1-c1cc2cc(Cl)c(Cl)cc2[nH]1. The molecule has 31 heavy (non-hydrogen) atoms. The summed E-state index contributed by atoms with van der Waals surface area (Å²) in [6.07, 6.45) is 1.85. The number of H-pyrrole nitrogens is 1. The van der Waals surface area contributed by atoms with Crippen LogP contribution >= 0.6 is 23.2 Å². The summed E-state index contributed by atoms with van der Waals surface area (Å²) in [6, 6.07) is 12.2. The number of nitrogens with one attached hydrogen (secondary N) is 3. The van der Waals surface area contributed by atoms with Gasteiger partial charge in [-0.05, 0) is 70.0 Å². The molecule has 0 bridgehead atoms. The van der Waals surface area contributed by atoms with Crippen LogP contribution in [0.2, 0.25) is 10.0 Å². The van der Waals surface area contributed by atoms with E-state index in [4.69, 9.17) is 27.9 Å². The number of aromatic amines is 1. The minimum Gasteiger partial charge on any atom is -0.493 e. The average Bonchev–Trinajstić information content (AvgIpc) is 3.10. The summed E-state index contributed by atoms with van der Waals surface area (Å²) in [5.41, 5.74) is 3.24. The molecular formula is C24H27Cl2N3O2. The maximum Gasteiger partial charge on any atom is 0.251 e. The lowest BCUT2D eigenvalue weighted by Crippen LogP contribution is -2.50. The molecule has 0 radical (unpaired) electrons. The zero-order valence-corrected chi connectivity index (χ0v) is 19.4. The number of ether oxygens (including phenoxy) is 1. The Bertz CT molecular complexity index is 1060. The van der Waals surface area contributed by atoms with Crippen LogP contribution in [-0.4, -0.2) is 35.6 Å². The van der Waals surface area contributed by atoms with Crippen LogP contribution in [0.25, 0.3) is 22.2 Å². The molecule has 1 aromatic heterocycles. The van der Waals surface area contributed by atoms with Gasteiger partial charge in [0, 0.05) is 40.2 Å². The second kappa shape index (κ2) is 9.11. The molecule has 0 spiro atoms. The molecular weight excluding hydrogens is 433 g/mol. The predicted molar refractivity (Wildman–Crippen MR) is 127 cm³/mol. The fourth-order valence-corrected chi connectivity index (χ4v) is 4.73. The standard InChI is InChI=1S/C24H27Cl2N3O2/c1-4-31-23-11-15(24(30)28-17-7-13(2)27-14(3)8-17)5-6-18(23)22-10-16-9-19(25)20(26)12-21(16)29-22/h5-6,9-14,17,27,29H,4,7-8H2,1-3H3,(H,28,30)/t13-,14+,17?. The van der Waals surface area contributed by atoms with Crippen molar-refractivity contribution in [3.05, 3.63) is 52.0 Å². The van der Waals surface area contributed by atoms with Gasteiger partial charge in [0.25, 0.3) is 5.91 Å². The Balaban J connectivity index is 1.61. The van der Waals surface area contributed by atoms with Crippen molar-refractivity contribution in [1.29, 1.82) is 0 Å². The first-order valence-corrected chi connectivity index (χ1v) is 11.4. The van der Waals surface area contributed by atoms with Crippen LogP contribution in [0.5, 0.6) is 5.75 Å². The van der Waals surface area contributed by atoms with Crippen LogP contribution in [0, 0.1) is 0 Å². The van der Waals surface area contributed by atoms with Gasteiger partial charge >= 0.3 is 0 Å². The molecule has 1 amide bonds. The van der Waals surface area contributed by atoms with Crippen molar-refractivity contribution in [1.82, 2.24) is 15.6 Å². The van der Waals surface area contributed by atoms with Gasteiger partial charge in [0.05, 0.1) is 22.3 Å². The zero-order chi connectivity index (χ0) is 22.1. The highest BCUT2D eigenvalue weighted by molar-refractivity contribution is 6.42. The van der Waals surface area contributed by atoms with Crippen molar-refractivity contribution >= 4 is 40.0 Å². The number of fused-ring (bicyclic) bond motifs is 1. The Morgan fingerprint density at radius 1 is 1.10 bits per heavy atom. The minimum absolute atomic E-state index is 0.0750. The molecule has 7 heteroatoms. The van der Waals surface area contributed by atoms with E-state index >= 15 is 0 Å². The first-order chi connectivity index (χ1) is 14.8. The number of hydrogen-bond acceptors (Lipinski definition) is 3. The van der Waals surface area contributed by atoms with Gasteiger partial charge in [-0.3, -0.25) is 4.79 Å². The summed E-state index contributed by atoms with van der Waals surface area (Å²) < 4.78 is 5.89. The van der Waals surface area contributed by atoms with Crippen molar-refractivity contribution < 1.29 is 9.53 Å². The van der Waals surface area contributed by atoms with Crippen LogP contribution in [0.3, 0.4) is 0 Å². The summed E-state index contributed by atoms with van der Waals surface area (Å²) in [5.74, 6) is 0.583. The van der Waals surface area contributed by atoms with Crippen LogP contribution in [0.4, 0.5) is 0 Å². The molecule has 5 nitrogen and oxygen atoms in total. The molecule has 0 aliphatic carbocycles. The van der Waals surface area contributed by atoms with E-state index in [1.165, 1.54) is 0 Å². The molecule has 4 rings (SSSR count). The van der Waals surface area contributed by atoms with Gasteiger partial charge < -0.3 is 20.4 Å². The van der Waals surface area contributed by atoms with E-state index in [0.717, 1.165) is 35.0 Å². The van der Waals surface area contributed by atoms with Gasteiger partial charge in [0.2, 0.25) is 0 Å². The number of aromatic nitrogens is 1. The summed E-state index contributed by atoms with van der Waals surface area (Å²) in [5, 5.41) is 8.66. The van der Waals surface area contributed by atoms with Gasteiger partial charge in [-0.15, -0.1) is 0 Å². The van der Waals surface area contributed by atoms with Gasteiger partial charge in [-0.25, -0.2) is 0 Å². The number of rotatable bonds is 5. The number of carbonyl (C=O) groups excluding carboxylic acids is 1. The second-order valence-electron chi connectivity index (χ2n) is 8.29. The van der Waals surface area contributed by atoms with E-state index in [9.17, 15) is 4.79 Å². The summed E-state index contributed by atoms with van der Waals surface area (Å²) in [7, 11) is 0. The number of benzene rings is 2. The number of piperidine rings is 1. The first kappa shape index (κ1) is 22.0. The van der Waals surface area contributed by atoms with Crippen molar-refractivity contribution in [2.45, 2.75) is 51.7 Å². The third-order valence-corrected chi connectivity index (χ3v) is 6.40. The molecule has 1 saturated heterocycles. The molecule has 164 valence electrons. The number of amides is 1. The van der Waals surface area contributed by atoms with E-state index in [1.807, 2.05) is 43.3 Å². The largest absolute Gasteiger partial charge is 0.493 e. The lowest BCUT2D eigenvalue weighted by atomic mass is 9.95. The van der Waals surface area contributed by atoms with E-state index < -0.39 is 0 Å². The Labute approximate surface area is 192 Å². The predicted octanol–water partition coefficient (Wildman–Crippen LogP) is 5.80. The highest BCUT2D eigenvalue weighted by Crippen LogP contribution is 2.35. The Hall–Kier alpha value is -2.21. The molecule has 0 saturated carbocycles. The van der Waals surface area contributed by atoms with Gasteiger partial charge in [-0.2, -0.15) is 0 Å². The zero-order valence-electron chi connectivity index (χ0n) is 17.9. The van der Waals surface area contributed by atoms with E-state index in [2.05, 4.69) is 29.5 Å². The summed E-state index contributed by atoms with van der Waals surface area (Å²) >= 11 is 12.3. The fraction of sp³-hybridized carbons (Fsp3) is 0.375. The van der Waals surface area contributed by atoms with Gasteiger partial charge in [0.15, 0.2) is 0 Å². The highest BCUT2D eigenvalue weighted by atomic mass is 35.5. The Morgan fingerprint density at radius 3 is 2.52 bits per heavy atom. The Kier molecular flexibility index (Phi) is 6.47. The number of halogens is 2. The minimum atomic E-state index is -0.0750. The molecule has 2 heterocycles. The summed E-state index contributed by atoms with van der Waals surface area (Å²) in [4.78, 5) is 16.3. The fourth-order valence-electron chi connectivity index (χ4n) is 4.39. The maximum absolute atomic E-state index is 12.9. The molecule has 2 aromatic carbocycles. The second-order valence-corrected chi connectivity index (χ2v) is 9.11. The van der Waals surface area contributed by atoms with Crippen LogP contribution in [0.15, 0.2) is 36.4 Å². The van der Waals surface area contributed by atoms with E-state index in [0.29, 0.717) is 40.0 Å². The number of carbonyl (C=O) groups is 1. The lowest BCUT2D eigenvalue weighted by Gasteiger charge is -2.33. The van der Waals surface area contributed by atoms with Gasteiger partial charge in [-0.1, -0.05) is 23.2 Å². The maximum atomic E-state index is 12.9. The molecule has 1 fully saturated rings. The smallest absolute Gasteiger partial charge is 0.251 e. The summed E-state index contributed by atoms with van der Waals surface area (Å²) in [6.45, 7) is 6.73. The quantitative estimate of drug-likeness (QED) is 0.451. The van der Waals surface area contributed by atoms with Crippen molar-refractivity contribution in [2.75, 3.05) is 6.61 Å². The third kappa shape index (κ3) is 4.84. The van der Waals surface area contributed by atoms with E-state index in [-0.39, 0.29) is 11.9 Å². The first-order valence-electron chi connectivity index (χ1n) is 10.7. The van der Waals surface area contributed by atoms with Crippen LogP contribution in [-0.2, 0) is 0 Å².